The Kier molecular flexibility index (Phi) is 5.78. The van der Waals surface area contributed by atoms with Gasteiger partial charge in [0.05, 0.1) is 0 Å². The zero-order chi connectivity index (χ0) is 7.40. The third-order valence-electron chi connectivity index (χ3n) is 1.36. The van der Waals surface area contributed by atoms with Crippen LogP contribution in [0.5, 0.6) is 0 Å². The van der Waals surface area contributed by atoms with Crippen LogP contribution in [-0.4, -0.2) is 0 Å². The first-order valence-electron chi connectivity index (χ1n) is 3.12. The van der Waals surface area contributed by atoms with Crippen LogP contribution >= 0.6 is 0 Å². The van der Waals surface area contributed by atoms with E-state index in [9.17, 15) is 0 Å². The summed E-state index contributed by atoms with van der Waals surface area (Å²) in [4.78, 5) is 0. The Bertz CT molecular complexity index is 242. The Balaban J connectivity index is 0.000001000. The molecule has 0 radical (unpaired) electrons. The van der Waals surface area contributed by atoms with E-state index in [1.165, 1.54) is 0 Å². The van der Waals surface area contributed by atoms with Crippen LogP contribution in [0, 0.1) is 11.3 Å². The van der Waals surface area contributed by atoms with E-state index in [0.29, 0.717) is 25.8 Å². The Morgan fingerprint density at radius 2 is 1.82 bits per heavy atom. The van der Waals surface area contributed by atoms with Crippen LogP contribution < -0.4 is 17.0 Å². The summed E-state index contributed by atoms with van der Waals surface area (Å²) in [5, 5.41) is 8.58. The molecular weight excluding hydrogens is 302 g/mol. The van der Waals surface area contributed by atoms with Gasteiger partial charge in [-0.05, 0) is 0 Å². The Morgan fingerprint density at radius 1 is 1.27 bits per heavy atom. The number of nitriles is 1. The van der Waals surface area contributed by atoms with Crippen molar-refractivity contribution >= 4 is 0 Å². The number of rotatable bonds is 1. The van der Waals surface area contributed by atoms with Crippen LogP contribution in [0.1, 0.15) is 9.04 Å². The fraction of sp³-hybridized carbons (Fsp3) is 0.125. The molecule has 0 aliphatic heterocycles. The van der Waals surface area contributed by atoms with E-state index >= 15 is 0 Å². The van der Waals surface area contributed by atoms with E-state index in [1.807, 2.05) is 30.3 Å². The summed E-state index contributed by atoms with van der Waals surface area (Å²) >= 11 is 0.696. The van der Waals surface area contributed by atoms with E-state index in [2.05, 4.69) is 6.07 Å². The molecule has 1 atom stereocenters. The molecule has 0 spiro atoms. The molecule has 0 fully saturated rings. The molecule has 1 rings (SSSR count). The van der Waals surface area contributed by atoms with Gasteiger partial charge in [0.2, 0.25) is 0 Å². The summed E-state index contributed by atoms with van der Waals surface area (Å²) < 4.78 is 0.185. The molecule has 3 heteroatoms. The maximum absolute atomic E-state index is 8.58. The quantitative estimate of drug-likeness (QED) is 0.598. The first kappa shape index (κ1) is 11.1. The zero-order valence-electron chi connectivity index (χ0n) is 6.00. The maximum Gasteiger partial charge on any atom is -1.00 e. The largest absolute Gasteiger partial charge is 1.00 e. The van der Waals surface area contributed by atoms with Crippen molar-refractivity contribution in [1.29, 1.82) is 5.26 Å². The SMILES string of the molecule is N#C[CH]([Cd+])c1ccccc1.[Br-]. The van der Waals surface area contributed by atoms with Crippen molar-refractivity contribution in [2.45, 2.75) is 3.48 Å². The van der Waals surface area contributed by atoms with E-state index < -0.39 is 0 Å². The van der Waals surface area contributed by atoms with Crippen LogP contribution in [0.4, 0.5) is 0 Å². The van der Waals surface area contributed by atoms with Gasteiger partial charge in [0.15, 0.2) is 0 Å². The van der Waals surface area contributed by atoms with Crippen LogP contribution in [0.25, 0.3) is 0 Å². The van der Waals surface area contributed by atoms with Crippen LogP contribution in [0.15, 0.2) is 30.3 Å². The first-order chi connectivity index (χ1) is 4.84. The zero-order valence-corrected chi connectivity index (χ0v) is 11.6. The van der Waals surface area contributed by atoms with Gasteiger partial charge in [-0.15, -0.1) is 0 Å². The molecule has 0 amide bonds. The molecule has 0 aliphatic carbocycles. The normalized spacial score (nSPS) is 11.0. The van der Waals surface area contributed by atoms with Crippen LogP contribution in [-0.2, 0) is 25.8 Å². The van der Waals surface area contributed by atoms with Crippen LogP contribution in [0.3, 0.4) is 0 Å². The fourth-order valence-electron chi connectivity index (χ4n) is 0.760. The summed E-state index contributed by atoms with van der Waals surface area (Å²) in [5.41, 5.74) is 1.16. The van der Waals surface area contributed by atoms with Crippen molar-refractivity contribution < 1.29 is 42.7 Å². The van der Waals surface area contributed by atoms with E-state index in [-0.39, 0.29) is 20.5 Å². The number of hydrogen-bond donors (Lipinski definition) is 0. The molecule has 0 N–H and O–H groups in total. The summed E-state index contributed by atoms with van der Waals surface area (Å²) in [6, 6.07) is 12.2. The molecule has 0 saturated carbocycles. The molecule has 0 heterocycles. The Hall–Kier alpha value is 0.112. The third kappa shape index (κ3) is 3.34. The van der Waals surface area contributed by atoms with E-state index in [1.54, 1.807) is 0 Å². The number of halogens is 1. The predicted octanol–water partition coefficient (Wildman–Crippen LogP) is -1.20. The van der Waals surface area contributed by atoms with Gasteiger partial charge in [0.1, 0.15) is 0 Å². The van der Waals surface area contributed by atoms with Crippen molar-refractivity contribution in [2.24, 2.45) is 0 Å². The summed E-state index contributed by atoms with van der Waals surface area (Å²) in [6.45, 7) is 0. The monoisotopic (exact) mass is 309 g/mol. The molecule has 0 saturated heterocycles. The minimum Gasteiger partial charge on any atom is -1.00 e. The van der Waals surface area contributed by atoms with E-state index in [0.717, 1.165) is 5.56 Å². The topological polar surface area (TPSA) is 23.8 Å². The molecule has 1 aromatic rings. The van der Waals surface area contributed by atoms with Crippen molar-refractivity contribution in [2.75, 3.05) is 0 Å². The molecule has 52 valence electrons. The van der Waals surface area contributed by atoms with Gasteiger partial charge >= 0.3 is 76.5 Å². The van der Waals surface area contributed by atoms with Gasteiger partial charge in [-0.2, -0.15) is 0 Å². The van der Waals surface area contributed by atoms with Crippen molar-refractivity contribution in [1.82, 2.24) is 0 Å². The standard InChI is InChI=1S/C8H6N.BrH.Cd/c9-7-6-8-4-2-1-3-5-8;;/h1-6H;1H;/q;;+1/p-1. The van der Waals surface area contributed by atoms with Crippen LogP contribution in [0.2, 0.25) is 0 Å². The summed E-state index contributed by atoms with van der Waals surface area (Å²) in [7, 11) is 0. The minimum atomic E-state index is 0. The molecule has 1 aromatic carbocycles. The van der Waals surface area contributed by atoms with Crippen molar-refractivity contribution in [3.05, 3.63) is 35.9 Å². The number of hydrogen-bond acceptors (Lipinski definition) is 1. The van der Waals surface area contributed by atoms with Gasteiger partial charge in [0.25, 0.3) is 0 Å². The smallest absolute Gasteiger partial charge is 1.00 e. The predicted molar refractivity (Wildman–Crippen MR) is 34.8 cm³/mol. The number of benzene rings is 1. The third-order valence-corrected chi connectivity index (χ3v) is 3.22. The van der Waals surface area contributed by atoms with Gasteiger partial charge in [0, 0.05) is 0 Å². The molecule has 0 aliphatic rings. The number of nitrogens with zero attached hydrogens (tertiary/aromatic N) is 1. The van der Waals surface area contributed by atoms with E-state index in [4.69, 9.17) is 5.26 Å². The van der Waals surface area contributed by atoms with Gasteiger partial charge in [-0.3, -0.25) is 0 Å². The summed E-state index contributed by atoms with van der Waals surface area (Å²) in [5.74, 6) is 0. The molecule has 11 heavy (non-hydrogen) atoms. The van der Waals surface area contributed by atoms with Gasteiger partial charge in [-0.25, -0.2) is 0 Å². The second-order valence-electron chi connectivity index (χ2n) is 2.09. The molecule has 0 bridgehead atoms. The summed E-state index contributed by atoms with van der Waals surface area (Å²) in [6.07, 6.45) is 0. The Labute approximate surface area is 92.9 Å². The fourth-order valence-corrected chi connectivity index (χ4v) is 1.54. The second-order valence-corrected chi connectivity index (χ2v) is 4.42. The van der Waals surface area contributed by atoms with Crippen molar-refractivity contribution in [3.63, 3.8) is 0 Å². The maximum atomic E-state index is 8.58. The molecule has 1 nitrogen and oxygen atoms in total. The average molecular weight is 308 g/mol. The molecule has 1 unspecified atom stereocenters. The minimum absolute atomic E-state index is 0. The van der Waals surface area contributed by atoms with Gasteiger partial charge < -0.3 is 17.0 Å². The molecule has 0 aromatic heterocycles. The average Bonchev–Trinajstić information content (AvgIpc) is 2.05. The first-order valence-corrected chi connectivity index (χ1v) is 5.45. The second kappa shape index (κ2) is 5.72. The molecular formula is C8H6BrCdN. The van der Waals surface area contributed by atoms with Gasteiger partial charge in [-0.1, -0.05) is 0 Å². The Morgan fingerprint density at radius 3 is 2.27 bits per heavy atom. The van der Waals surface area contributed by atoms with Crippen molar-refractivity contribution in [3.8, 4) is 6.07 Å².